The average molecular weight is 279 g/mol. The van der Waals surface area contributed by atoms with Gasteiger partial charge in [-0.1, -0.05) is 0 Å². The summed E-state index contributed by atoms with van der Waals surface area (Å²) >= 11 is 0. The molecule has 9 heteroatoms. The van der Waals surface area contributed by atoms with Gasteiger partial charge >= 0.3 is 5.69 Å². The first-order valence-electron chi connectivity index (χ1n) is 6.17. The second-order valence-electron chi connectivity index (χ2n) is 4.39. The molecule has 0 aromatic carbocycles. The molecule has 0 fully saturated rings. The predicted molar refractivity (Wildman–Crippen MR) is 74.2 cm³/mol. The lowest BCUT2D eigenvalue weighted by atomic mass is 10.3. The molecule has 108 valence electrons. The Bertz CT molecular complexity index is 643. The molecule has 0 bridgehead atoms. The highest BCUT2D eigenvalue weighted by Crippen LogP contribution is 2.28. The predicted octanol–water partition coefficient (Wildman–Crippen LogP) is 1.05. The molecule has 0 amide bonds. The van der Waals surface area contributed by atoms with Crippen LogP contribution in [0.2, 0.25) is 0 Å². The van der Waals surface area contributed by atoms with Crippen molar-refractivity contribution in [2.45, 2.75) is 26.9 Å². The minimum Gasteiger partial charge on any atom is -0.384 e. The fourth-order valence-corrected chi connectivity index (χ4v) is 2.00. The van der Waals surface area contributed by atoms with E-state index in [9.17, 15) is 10.1 Å². The molecule has 0 unspecified atom stereocenters. The van der Waals surface area contributed by atoms with E-state index in [-0.39, 0.29) is 5.69 Å². The van der Waals surface area contributed by atoms with Crippen molar-refractivity contribution in [1.82, 2.24) is 19.6 Å². The molecule has 9 nitrogen and oxygen atoms in total. The van der Waals surface area contributed by atoms with Gasteiger partial charge in [-0.05, 0) is 13.8 Å². The zero-order valence-electron chi connectivity index (χ0n) is 11.6. The van der Waals surface area contributed by atoms with Crippen LogP contribution in [0.1, 0.15) is 18.2 Å². The summed E-state index contributed by atoms with van der Waals surface area (Å²) in [7, 11) is 1.74. The molecule has 0 aliphatic rings. The van der Waals surface area contributed by atoms with E-state index in [4.69, 9.17) is 5.73 Å². The molecule has 0 saturated carbocycles. The summed E-state index contributed by atoms with van der Waals surface area (Å²) in [6, 6.07) is 0. The number of nitro groups is 1. The van der Waals surface area contributed by atoms with Crippen LogP contribution in [0.5, 0.6) is 0 Å². The molecule has 2 aromatic heterocycles. The van der Waals surface area contributed by atoms with E-state index in [1.807, 2.05) is 6.92 Å². The van der Waals surface area contributed by atoms with E-state index in [0.29, 0.717) is 30.4 Å². The molecule has 0 radical (unpaired) electrons. The molecule has 0 atom stereocenters. The van der Waals surface area contributed by atoms with Crippen LogP contribution in [0.4, 0.5) is 17.3 Å². The van der Waals surface area contributed by atoms with E-state index in [1.54, 1.807) is 29.5 Å². The Morgan fingerprint density at radius 2 is 2.25 bits per heavy atom. The van der Waals surface area contributed by atoms with Gasteiger partial charge in [0.15, 0.2) is 0 Å². The van der Waals surface area contributed by atoms with Crippen LogP contribution in [0.25, 0.3) is 0 Å². The molecule has 20 heavy (non-hydrogen) atoms. The summed E-state index contributed by atoms with van der Waals surface area (Å²) < 4.78 is 3.12. The second-order valence-corrected chi connectivity index (χ2v) is 4.39. The Kier molecular flexibility index (Phi) is 3.59. The van der Waals surface area contributed by atoms with E-state index >= 15 is 0 Å². The fraction of sp³-hybridized carbons (Fsp3) is 0.455. The Morgan fingerprint density at radius 1 is 1.55 bits per heavy atom. The van der Waals surface area contributed by atoms with Gasteiger partial charge in [0.1, 0.15) is 11.5 Å². The molecule has 3 N–H and O–H groups in total. The molecular weight excluding hydrogens is 262 g/mol. The van der Waals surface area contributed by atoms with Gasteiger partial charge in [-0.2, -0.15) is 10.2 Å². The van der Waals surface area contributed by atoms with Crippen molar-refractivity contribution >= 4 is 17.3 Å². The molecule has 0 aliphatic carbocycles. The van der Waals surface area contributed by atoms with Gasteiger partial charge in [0, 0.05) is 25.7 Å². The van der Waals surface area contributed by atoms with Gasteiger partial charge in [0.2, 0.25) is 5.82 Å². The number of aryl methyl sites for hydroxylation is 3. The number of nitrogens with zero attached hydrogens (tertiary/aromatic N) is 5. The standard InChI is InChI=1S/C11H17N7O2/c1-4-17-11(9(18(19)20)7(2)15-17)13-5-8-6-14-16(3)10(8)12/h6,13H,4-5,12H2,1-3H3. The minimum atomic E-state index is -0.427. The summed E-state index contributed by atoms with van der Waals surface area (Å²) in [6.07, 6.45) is 1.63. The lowest BCUT2D eigenvalue weighted by Gasteiger charge is -2.07. The Labute approximate surface area is 115 Å². The Balaban J connectivity index is 2.29. The smallest absolute Gasteiger partial charge is 0.333 e. The zero-order valence-corrected chi connectivity index (χ0v) is 11.6. The second kappa shape index (κ2) is 5.19. The third-order valence-electron chi connectivity index (χ3n) is 3.09. The fourth-order valence-electron chi connectivity index (χ4n) is 2.00. The number of hydrogen-bond acceptors (Lipinski definition) is 6. The van der Waals surface area contributed by atoms with Crippen molar-refractivity contribution in [1.29, 1.82) is 0 Å². The topological polar surface area (TPSA) is 117 Å². The molecule has 0 spiro atoms. The third-order valence-corrected chi connectivity index (χ3v) is 3.09. The summed E-state index contributed by atoms with van der Waals surface area (Å²) in [5.41, 5.74) is 7.01. The van der Waals surface area contributed by atoms with Crippen LogP contribution in [0.3, 0.4) is 0 Å². The van der Waals surface area contributed by atoms with Gasteiger partial charge in [-0.25, -0.2) is 4.68 Å². The normalized spacial score (nSPS) is 10.8. The quantitative estimate of drug-likeness (QED) is 0.624. The highest BCUT2D eigenvalue weighted by molar-refractivity contribution is 5.60. The Morgan fingerprint density at radius 3 is 2.75 bits per heavy atom. The number of nitrogen functional groups attached to an aromatic ring is 1. The maximum absolute atomic E-state index is 11.1. The first-order chi connectivity index (χ1) is 9.45. The highest BCUT2D eigenvalue weighted by atomic mass is 16.6. The first kappa shape index (κ1) is 13.8. The van der Waals surface area contributed by atoms with Crippen molar-refractivity contribution in [3.8, 4) is 0 Å². The number of rotatable bonds is 5. The van der Waals surface area contributed by atoms with Crippen molar-refractivity contribution in [3.05, 3.63) is 27.6 Å². The van der Waals surface area contributed by atoms with Crippen LogP contribution < -0.4 is 11.1 Å². The summed E-state index contributed by atoms with van der Waals surface area (Å²) in [4.78, 5) is 10.7. The maximum Gasteiger partial charge on any atom is 0.333 e. The summed E-state index contributed by atoms with van der Waals surface area (Å²) in [6.45, 7) is 4.39. The van der Waals surface area contributed by atoms with Gasteiger partial charge in [-0.15, -0.1) is 0 Å². The molecule has 0 aliphatic heterocycles. The van der Waals surface area contributed by atoms with E-state index in [1.165, 1.54) is 0 Å². The first-order valence-corrected chi connectivity index (χ1v) is 6.17. The summed E-state index contributed by atoms with van der Waals surface area (Å²) in [5, 5.41) is 22.3. The van der Waals surface area contributed by atoms with E-state index in [0.717, 1.165) is 5.56 Å². The van der Waals surface area contributed by atoms with Crippen molar-refractivity contribution < 1.29 is 4.92 Å². The molecule has 2 aromatic rings. The monoisotopic (exact) mass is 279 g/mol. The largest absolute Gasteiger partial charge is 0.384 e. The van der Waals surface area contributed by atoms with E-state index in [2.05, 4.69) is 15.5 Å². The number of hydrogen-bond donors (Lipinski definition) is 2. The van der Waals surface area contributed by atoms with Crippen LogP contribution in [-0.2, 0) is 20.1 Å². The van der Waals surface area contributed by atoms with Crippen molar-refractivity contribution in [2.75, 3.05) is 11.1 Å². The number of aromatic nitrogens is 4. The lowest BCUT2D eigenvalue weighted by Crippen LogP contribution is -2.09. The Hall–Kier alpha value is -2.58. The SMILES string of the molecule is CCn1nc(C)c([N+](=O)[O-])c1NCc1cnn(C)c1N. The lowest BCUT2D eigenvalue weighted by molar-refractivity contribution is -0.384. The number of nitrogens with two attached hydrogens (primary N) is 1. The molecule has 0 saturated heterocycles. The molecule has 2 rings (SSSR count). The average Bonchev–Trinajstić information content (AvgIpc) is 2.89. The van der Waals surface area contributed by atoms with Crippen molar-refractivity contribution in [3.63, 3.8) is 0 Å². The maximum atomic E-state index is 11.1. The van der Waals surface area contributed by atoms with Gasteiger partial charge in [-0.3, -0.25) is 14.8 Å². The van der Waals surface area contributed by atoms with E-state index < -0.39 is 4.92 Å². The van der Waals surface area contributed by atoms with Gasteiger partial charge in [0.25, 0.3) is 0 Å². The van der Waals surface area contributed by atoms with Crippen molar-refractivity contribution in [2.24, 2.45) is 7.05 Å². The minimum absolute atomic E-state index is 0.00527. The van der Waals surface area contributed by atoms with Crippen LogP contribution in [0.15, 0.2) is 6.20 Å². The molecule has 2 heterocycles. The number of anilines is 2. The zero-order chi connectivity index (χ0) is 14.9. The number of nitrogens with one attached hydrogen (secondary N) is 1. The van der Waals surface area contributed by atoms with Crippen LogP contribution in [0, 0.1) is 17.0 Å². The summed E-state index contributed by atoms with van der Waals surface area (Å²) in [5.74, 6) is 0.915. The van der Waals surface area contributed by atoms with Crippen LogP contribution >= 0.6 is 0 Å². The molecular formula is C11H17N7O2. The van der Waals surface area contributed by atoms with Crippen LogP contribution in [-0.4, -0.2) is 24.5 Å². The van der Waals surface area contributed by atoms with Gasteiger partial charge < -0.3 is 11.1 Å². The third kappa shape index (κ3) is 2.29. The highest BCUT2D eigenvalue weighted by Gasteiger charge is 2.24. The van der Waals surface area contributed by atoms with Gasteiger partial charge in [0.05, 0.1) is 11.1 Å².